The second kappa shape index (κ2) is 8.39. The number of carboxylic acid groups (broad SMARTS) is 1. The molecule has 1 aromatic rings. The van der Waals surface area contributed by atoms with Crippen LogP contribution >= 0.6 is 35.0 Å². The Balaban J connectivity index is 2.37. The third kappa shape index (κ3) is 6.50. The Hall–Kier alpha value is -0.910. The third-order valence-corrected chi connectivity index (χ3v) is 4.14. The highest BCUT2D eigenvalue weighted by molar-refractivity contribution is 7.99. The average Bonchev–Trinajstić information content (AvgIpc) is 2.33. The van der Waals surface area contributed by atoms with Gasteiger partial charge in [-0.3, -0.25) is 9.59 Å². The average molecular weight is 336 g/mol. The molecule has 0 aliphatic carbocycles. The fraction of sp³-hybridized carbons (Fsp3) is 0.385. The van der Waals surface area contributed by atoms with Crippen molar-refractivity contribution in [1.82, 2.24) is 0 Å². The van der Waals surface area contributed by atoms with Crippen molar-refractivity contribution in [3.8, 4) is 0 Å². The number of carboxylic acids is 1. The molecule has 110 valence electrons. The minimum Gasteiger partial charge on any atom is -0.481 e. The van der Waals surface area contributed by atoms with Crippen LogP contribution in [0.1, 0.15) is 19.8 Å². The molecule has 1 amide bonds. The molecule has 2 N–H and O–H groups in total. The first-order chi connectivity index (χ1) is 9.38. The molecule has 4 nitrogen and oxygen atoms in total. The molecule has 7 heteroatoms. The van der Waals surface area contributed by atoms with Crippen molar-refractivity contribution in [3.63, 3.8) is 0 Å². The maximum Gasteiger partial charge on any atom is 0.304 e. The largest absolute Gasteiger partial charge is 0.481 e. The molecule has 0 spiro atoms. The van der Waals surface area contributed by atoms with Crippen LogP contribution in [0.3, 0.4) is 0 Å². The van der Waals surface area contributed by atoms with Crippen molar-refractivity contribution in [2.45, 2.75) is 25.0 Å². The number of carbonyl (C=O) groups excluding carboxylic acids is 1. The van der Waals surface area contributed by atoms with Crippen molar-refractivity contribution in [2.24, 2.45) is 0 Å². The number of carbonyl (C=O) groups is 2. The second-order valence-electron chi connectivity index (χ2n) is 4.20. The number of rotatable bonds is 7. The highest BCUT2D eigenvalue weighted by Crippen LogP contribution is 2.25. The standard InChI is InChI=1S/C13H15Cl2NO3S/c1-8(6-13(18)19)20-5-4-12(17)16-11-7-9(14)2-3-10(11)15/h2-3,7-8H,4-6H2,1H3,(H,16,17)(H,18,19). The molecule has 0 heterocycles. The summed E-state index contributed by atoms with van der Waals surface area (Å²) in [7, 11) is 0. The van der Waals surface area contributed by atoms with Gasteiger partial charge < -0.3 is 10.4 Å². The van der Waals surface area contributed by atoms with Gasteiger partial charge in [0.25, 0.3) is 0 Å². The van der Waals surface area contributed by atoms with Gasteiger partial charge >= 0.3 is 5.97 Å². The summed E-state index contributed by atoms with van der Waals surface area (Å²) >= 11 is 13.2. The van der Waals surface area contributed by atoms with Gasteiger partial charge in [-0.1, -0.05) is 30.1 Å². The smallest absolute Gasteiger partial charge is 0.304 e. The predicted molar refractivity (Wildman–Crippen MR) is 83.9 cm³/mol. The zero-order valence-corrected chi connectivity index (χ0v) is 13.2. The molecule has 0 aliphatic heterocycles. The first-order valence-corrected chi connectivity index (χ1v) is 7.77. The zero-order valence-electron chi connectivity index (χ0n) is 10.9. The number of nitrogens with one attached hydrogen (secondary N) is 1. The molecular formula is C13H15Cl2NO3S. The predicted octanol–water partition coefficient (Wildman–Crippen LogP) is 3.92. The van der Waals surface area contributed by atoms with Crippen LogP contribution in [0, 0.1) is 0 Å². The molecule has 0 fully saturated rings. The SMILES string of the molecule is CC(CC(=O)O)SCCC(=O)Nc1cc(Cl)ccc1Cl. The summed E-state index contributed by atoms with van der Waals surface area (Å²) in [4.78, 5) is 22.2. The number of hydrogen-bond acceptors (Lipinski definition) is 3. The van der Waals surface area contributed by atoms with Gasteiger partial charge in [-0.05, 0) is 18.2 Å². The summed E-state index contributed by atoms with van der Waals surface area (Å²) in [5.41, 5.74) is 0.479. The molecule has 1 atom stereocenters. The van der Waals surface area contributed by atoms with Crippen LogP contribution in [0.25, 0.3) is 0 Å². The van der Waals surface area contributed by atoms with E-state index in [2.05, 4.69) is 5.32 Å². The quantitative estimate of drug-likeness (QED) is 0.792. The van der Waals surface area contributed by atoms with Gasteiger partial charge in [-0.25, -0.2) is 0 Å². The second-order valence-corrected chi connectivity index (χ2v) is 6.59. The van der Waals surface area contributed by atoms with Crippen molar-refractivity contribution in [2.75, 3.05) is 11.1 Å². The molecule has 0 aliphatic rings. The highest BCUT2D eigenvalue weighted by Gasteiger charge is 2.10. The Morgan fingerprint density at radius 1 is 1.40 bits per heavy atom. The molecule has 0 bridgehead atoms. The van der Waals surface area contributed by atoms with Gasteiger partial charge in [0, 0.05) is 22.4 Å². The van der Waals surface area contributed by atoms with E-state index in [1.54, 1.807) is 18.2 Å². The Labute approximate surface area is 131 Å². The summed E-state index contributed by atoms with van der Waals surface area (Å²) in [6.45, 7) is 1.82. The van der Waals surface area contributed by atoms with Gasteiger partial charge in [0.2, 0.25) is 5.91 Å². The summed E-state index contributed by atoms with van der Waals surface area (Å²) in [6, 6.07) is 4.84. The van der Waals surface area contributed by atoms with E-state index < -0.39 is 5.97 Å². The first-order valence-electron chi connectivity index (χ1n) is 5.96. The number of anilines is 1. The van der Waals surface area contributed by atoms with E-state index in [4.69, 9.17) is 28.3 Å². The van der Waals surface area contributed by atoms with Crippen LogP contribution in [0.4, 0.5) is 5.69 Å². The number of halogens is 2. The molecule has 0 radical (unpaired) electrons. The Morgan fingerprint density at radius 2 is 2.10 bits per heavy atom. The van der Waals surface area contributed by atoms with Gasteiger partial charge in [0.05, 0.1) is 17.1 Å². The van der Waals surface area contributed by atoms with E-state index >= 15 is 0 Å². The minimum absolute atomic E-state index is 0.0185. The van der Waals surface area contributed by atoms with E-state index in [1.165, 1.54) is 11.8 Å². The summed E-state index contributed by atoms with van der Waals surface area (Å²) in [5, 5.41) is 12.2. The van der Waals surface area contributed by atoms with Gasteiger partial charge in [-0.2, -0.15) is 11.8 Å². The van der Waals surface area contributed by atoms with E-state index in [0.717, 1.165) is 0 Å². The normalized spacial score (nSPS) is 11.9. The summed E-state index contributed by atoms with van der Waals surface area (Å²) < 4.78 is 0. The Kier molecular flexibility index (Phi) is 7.19. The van der Waals surface area contributed by atoms with Gasteiger partial charge in [0.15, 0.2) is 0 Å². The Bertz CT molecular complexity index is 497. The molecule has 1 unspecified atom stereocenters. The maximum atomic E-state index is 11.7. The van der Waals surface area contributed by atoms with Crippen molar-refractivity contribution < 1.29 is 14.7 Å². The number of amides is 1. The number of benzene rings is 1. The summed E-state index contributed by atoms with van der Waals surface area (Å²) in [5.74, 6) is -0.456. The lowest BCUT2D eigenvalue weighted by Crippen LogP contribution is -2.14. The van der Waals surface area contributed by atoms with Gasteiger partial charge in [-0.15, -0.1) is 0 Å². The van der Waals surface area contributed by atoms with E-state index in [-0.39, 0.29) is 24.0 Å². The number of aliphatic carboxylic acids is 1. The topological polar surface area (TPSA) is 66.4 Å². The summed E-state index contributed by atoms with van der Waals surface area (Å²) in [6.07, 6.45) is 0.379. The molecule has 0 aromatic heterocycles. The van der Waals surface area contributed by atoms with E-state index in [1.807, 2.05) is 6.92 Å². The Morgan fingerprint density at radius 3 is 2.75 bits per heavy atom. The number of thioether (sulfide) groups is 1. The van der Waals surface area contributed by atoms with Crippen LogP contribution in [-0.4, -0.2) is 28.0 Å². The van der Waals surface area contributed by atoms with Crippen molar-refractivity contribution >= 4 is 52.5 Å². The highest BCUT2D eigenvalue weighted by atomic mass is 35.5. The lowest BCUT2D eigenvalue weighted by molar-refractivity contribution is -0.136. The monoisotopic (exact) mass is 335 g/mol. The van der Waals surface area contributed by atoms with Crippen LogP contribution in [0.2, 0.25) is 10.0 Å². The third-order valence-electron chi connectivity index (χ3n) is 2.40. The van der Waals surface area contributed by atoms with Gasteiger partial charge in [0.1, 0.15) is 0 Å². The van der Waals surface area contributed by atoms with Crippen LogP contribution in [0.15, 0.2) is 18.2 Å². The molecule has 0 saturated heterocycles. The molecule has 1 aromatic carbocycles. The fourth-order valence-electron chi connectivity index (χ4n) is 1.46. The fourth-order valence-corrected chi connectivity index (χ4v) is 2.77. The molecule has 20 heavy (non-hydrogen) atoms. The minimum atomic E-state index is -0.833. The molecule has 1 rings (SSSR count). The van der Waals surface area contributed by atoms with Crippen LogP contribution < -0.4 is 5.32 Å². The zero-order chi connectivity index (χ0) is 15.1. The van der Waals surface area contributed by atoms with Crippen molar-refractivity contribution in [3.05, 3.63) is 28.2 Å². The molecule has 0 saturated carbocycles. The molecular weight excluding hydrogens is 321 g/mol. The first kappa shape index (κ1) is 17.1. The van der Waals surface area contributed by atoms with Crippen LogP contribution in [-0.2, 0) is 9.59 Å². The van der Waals surface area contributed by atoms with E-state index in [0.29, 0.717) is 21.5 Å². The maximum absolute atomic E-state index is 11.7. The lowest BCUT2D eigenvalue weighted by Gasteiger charge is -2.09. The van der Waals surface area contributed by atoms with E-state index in [9.17, 15) is 9.59 Å². The van der Waals surface area contributed by atoms with Crippen molar-refractivity contribution in [1.29, 1.82) is 0 Å². The number of hydrogen-bond donors (Lipinski definition) is 2. The van der Waals surface area contributed by atoms with Crippen LogP contribution in [0.5, 0.6) is 0 Å². The lowest BCUT2D eigenvalue weighted by atomic mass is 10.3.